The molecule has 1 heterocycles. The first kappa shape index (κ1) is 17.9. The maximum atomic E-state index is 12.8. The number of hydrogen-bond acceptors (Lipinski definition) is 3. The molecule has 1 fully saturated rings. The van der Waals surface area contributed by atoms with Crippen LogP contribution >= 0.6 is 0 Å². The van der Waals surface area contributed by atoms with Gasteiger partial charge in [0.1, 0.15) is 0 Å². The first-order chi connectivity index (χ1) is 11.9. The van der Waals surface area contributed by atoms with E-state index in [4.69, 9.17) is 9.47 Å². The minimum atomic E-state index is -0.128. The van der Waals surface area contributed by atoms with Gasteiger partial charge >= 0.3 is 6.03 Å². The van der Waals surface area contributed by atoms with E-state index >= 15 is 0 Å². The third kappa shape index (κ3) is 3.70. The smallest absolute Gasteiger partial charge is 0.317 e. The first-order valence-electron chi connectivity index (χ1n) is 9.25. The highest BCUT2D eigenvalue weighted by Gasteiger charge is 2.35. The first-order valence-corrected chi connectivity index (χ1v) is 9.25. The molecular weight excluding hydrogens is 316 g/mol. The van der Waals surface area contributed by atoms with E-state index in [1.165, 1.54) is 24.8 Å². The average molecular weight is 346 g/mol. The Hall–Kier alpha value is -1.91. The molecule has 138 valence electrons. The molecule has 0 unspecified atom stereocenters. The summed E-state index contributed by atoms with van der Waals surface area (Å²) in [4.78, 5) is 14.7. The molecule has 0 aromatic heterocycles. The second-order valence-corrected chi connectivity index (χ2v) is 7.89. The highest BCUT2D eigenvalue weighted by Crippen LogP contribution is 2.40. The van der Waals surface area contributed by atoms with Gasteiger partial charge in [-0.1, -0.05) is 33.1 Å². The van der Waals surface area contributed by atoms with Gasteiger partial charge in [-0.15, -0.1) is 0 Å². The van der Waals surface area contributed by atoms with Crippen molar-refractivity contribution in [3.63, 3.8) is 0 Å². The van der Waals surface area contributed by atoms with Gasteiger partial charge < -0.3 is 19.7 Å². The number of hydrogen-bond donors (Lipinski definition) is 1. The summed E-state index contributed by atoms with van der Waals surface area (Å²) in [5.74, 6) is 1.46. The zero-order valence-corrected chi connectivity index (χ0v) is 15.9. The number of urea groups is 1. The van der Waals surface area contributed by atoms with Crippen molar-refractivity contribution in [2.75, 3.05) is 20.8 Å². The second kappa shape index (κ2) is 7.14. The molecule has 0 saturated heterocycles. The van der Waals surface area contributed by atoms with Gasteiger partial charge in [-0.05, 0) is 36.1 Å². The van der Waals surface area contributed by atoms with E-state index in [9.17, 15) is 4.79 Å². The van der Waals surface area contributed by atoms with Gasteiger partial charge in [-0.2, -0.15) is 0 Å². The average Bonchev–Trinajstić information content (AvgIpc) is 2.60. The van der Waals surface area contributed by atoms with Crippen molar-refractivity contribution in [1.82, 2.24) is 10.2 Å². The van der Waals surface area contributed by atoms with Crippen LogP contribution in [0.25, 0.3) is 0 Å². The lowest BCUT2D eigenvalue weighted by Gasteiger charge is -2.41. The maximum absolute atomic E-state index is 12.8. The number of carbonyl (C=O) groups excluding carboxylic acids is 1. The third-order valence-electron chi connectivity index (χ3n) is 5.51. The molecule has 2 amide bonds. The molecule has 5 nitrogen and oxygen atoms in total. The third-order valence-corrected chi connectivity index (χ3v) is 5.51. The van der Waals surface area contributed by atoms with Crippen molar-refractivity contribution in [2.24, 2.45) is 0 Å². The molecule has 1 aliphatic carbocycles. The lowest BCUT2D eigenvalue weighted by molar-refractivity contribution is 0.167. The Balaban J connectivity index is 1.81. The van der Waals surface area contributed by atoms with Crippen LogP contribution in [0.15, 0.2) is 12.1 Å². The second-order valence-electron chi connectivity index (χ2n) is 7.89. The number of rotatable bonds is 3. The molecule has 1 aromatic carbocycles. The number of amides is 2. The van der Waals surface area contributed by atoms with Gasteiger partial charge in [0.05, 0.1) is 14.2 Å². The van der Waals surface area contributed by atoms with E-state index in [0.29, 0.717) is 24.9 Å². The number of fused-ring (bicyclic) bond motifs is 1. The van der Waals surface area contributed by atoms with Crippen molar-refractivity contribution in [2.45, 2.75) is 64.0 Å². The SMILES string of the molecule is COc1cc2c(cc1OC)C(C)(C)CN(C(=O)NC1CCCCC1)C2. The summed E-state index contributed by atoms with van der Waals surface area (Å²) in [7, 11) is 3.30. The molecule has 1 aromatic rings. The Kier molecular flexibility index (Phi) is 5.11. The largest absolute Gasteiger partial charge is 0.493 e. The van der Waals surface area contributed by atoms with E-state index in [2.05, 4.69) is 25.2 Å². The number of methoxy groups -OCH3 is 2. The van der Waals surface area contributed by atoms with Crippen LogP contribution in [-0.2, 0) is 12.0 Å². The van der Waals surface area contributed by atoms with E-state index < -0.39 is 0 Å². The highest BCUT2D eigenvalue weighted by atomic mass is 16.5. The summed E-state index contributed by atoms with van der Waals surface area (Å²) in [5.41, 5.74) is 2.23. The lowest BCUT2D eigenvalue weighted by atomic mass is 9.78. The number of nitrogens with zero attached hydrogens (tertiary/aromatic N) is 1. The van der Waals surface area contributed by atoms with Gasteiger partial charge in [-0.25, -0.2) is 4.79 Å². The monoisotopic (exact) mass is 346 g/mol. The fourth-order valence-corrected chi connectivity index (χ4v) is 4.16. The number of ether oxygens (including phenoxy) is 2. The van der Waals surface area contributed by atoms with E-state index in [-0.39, 0.29) is 11.4 Å². The summed E-state index contributed by atoms with van der Waals surface area (Å²) >= 11 is 0. The van der Waals surface area contributed by atoms with Crippen molar-refractivity contribution in [3.05, 3.63) is 23.3 Å². The van der Waals surface area contributed by atoms with Gasteiger partial charge in [0, 0.05) is 24.5 Å². The Labute approximate surface area is 150 Å². The molecule has 0 atom stereocenters. The zero-order valence-electron chi connectivity index (χ0n) is 15.9. The van der Waals surface area contributed by atoms with Crippen molar-refractivity contribution >= 4 is 6.03 Å². The van der Waals surface area contributed by atoms with Crippen LogP contribution in [0.4, 0.5) is 4.79 Å². The summed E-state index contributed by atoms with van der Waals surface area (Å²) in [5, 5.41) is 3.24. The standard InChI is InChI=1S/C20H30N2O3/c1-20(2)13-22(19(23)21-15-8-6-5-7-9-15)12-14-10-17(24-3)18(25-4)11-16(14)20/h10-11,15H,5-9,12-13H2,1-4H3,(H,21,23). The molecule has 1 N–H and O–H groups in total. The Morgan fingerprint density at radius 3 is 2.40 bits per heavy atom. The molecule has 2 aliphatic rings. The van der Waals surface area contributed by atoms with Gasteiger partial charge in [0.25, 0.3) is 0 Å². The van der Waals surface area contributed by atoms with Crippen LogP contribution in [0, 0.1) is 0 Å². The van der Waals surface area contributed by atoms with Gasteiger partial charge in [-0.3, -0.25) is 0 Å². The molecule has 0 radical (unpaired) electrons. The normalized spacial score (nSPS) is 19.9. The minimum absolute atomic E-state index is 0.0559. The summed E-state index contributed by atoms with van der Waals surface area (Å²) < 4.78 is 10.9. The molecule has 0 spiro atoms. The van der Waals surface area contributed by atoms with Crippen LogP contribution in [-0.4, -0.2) is 37.7 Å². The van der Waals surface area contributed by atoms with Crippen molar-refractivity contribution in [1.29, 1.82) is 0 Å². The predicted molar refractivity (Wildman–Crippen MR) is 98.4 cm³/mol. The number of nitrogens with one attached hydrogen (secondary N) is 1. The highest BCUT2D eigenvalue weighted by molar-refractivity contribution is 5.75. The fraction of sp³-hybridized carbons (Fsp3) is 0.650. The molecule has 0 bridgehead atoms. The summed E-state index contributed by atoms with van der Waals surface area (Å²) in [6.07, 6.45) is 5.93. The topological polar surface area (TPSA) is 50.8 Å². The van der Waals surface area contributed by atoms with Gasteiger partial charge in [0.2, 0.25) is 0 Å². The maximum Gasteiger partial charge on any atom is 0.317 e. The Morgan fingerprint density at radius 1 is 1.12 bits per heavy atom. The lowest BCUT2D eigenvalue weighted by Crippen LogP contribution is -2.51. The molecule has 1 saturated carbocycles. The van der Waals surface area contributed by atoms with E-state index in [1.54, 1.807) is 14.2 Å². The number of carbonyl (C=O) groups is 1. The van der Waals surface area contributed by atoms with Crippen molar-refractivity contribution in [3.8, 4) is 11.5 Å². The van der Waals surface area contributed by atoms with Crippen LogP contribution in [0.1, 0.15) is 57.1 Å². The Morgan fingerprint density at radius 2 is 1.76 bits per heavy atom. The fourth-order valence-electron chi connectivity index (χ4n) is 4.16. The van der Waals surface area contributed by atoms with Crippen LogP contribution in [0.2, 0.25) is 0 Å². The Bertz CT molecular complexity index is 636. The summed E-state index contributed by atoms with van der Waals surface area (Å²) in [6.45, 7) is 5.67. The van der Waals surface area contributed by atoms with E-state index in [0.717, 1.165) is 24.2 Å². The van der Waals surface area contributed by atoms with E-state index in [1.807, 2.05) is 11.0 Å². The summed E-state index contributed by atoms with van der Waals surface area (Å²) in [6, 6.07) is 4.46. The zero-order chi connectivity index (χ0) is 18.0. The molecule has 5 heteroatoms. The van der Waals surface area contributed by atoms with Crippen LogP contribution < -0.4 is 14.8 Å². The van der Waals surface area contributed by atoms with Crippen molar-refractivity contribution < 1.29 is 14.3 Å². The predicted octanol–water partition coefficient (Wildman–Crippen LogP) is 3.84. The van der Waals surface area contributed by atoms with Gasteiger partial charge in [0.15, 0.2) is 11.5 Å². The molecule has 1 aliphatic heterocycles. The molecule has 3 rings (SSSR count). The molecule has 25 heavy (non-hydrogen) atoms. The quantitative estimate of drug-likeness (QED) is 0.905. The van der Waals surface area contributed by atoms with Crippen LogP contribution in [0.5, 0.6) is 11.5 Å². The van der Waals surface area contributed by atoms with Crippen LogP contribution in [0.3, 0.4) is 0 Å². The minimum Gasteiger partial charge on any atom is -0.493 e. The number of benzene rings is 1. The molecular formula is C20H30N2O3.